The fraction of sp³-hybridized carbons (Fsp3) is 0.400. The monoisotopic (exact) mass is 468 g/mol. The van der Waals surface area contributed by atoms with Gasteiger partial charge in [-0.3, -0.25) is 14.5 Å². The summed E-state index contributed by atoms with van der Waals surface area (Å²) in [6.07, 6.45) is 2.58. The molecule has 2 heterocycles. The average molecular weight is 469 g/mol. The van der Waals surface area contributed by atoms with Crippen molar-refractivity contribution in [2.45, 2.75) is 45.1 Å². The molecular formula is C20H22Cl2N4O3S. The van der Waals surface area contributed by atoms with Crippen molar-refractivity contribution in [2.75, 3.05) is 11.9 Å². The molecule has 0 saturated carbocycles. The van der Waals surface area contributed by atoms with Crippen LogP contribution in [0.5, 0.6) is 0 Å². The number of amides is 4. The Morgan fingerprint density at radius 2 is 1.93 bits per heavy atom. The number of rotatable bonds is 8. The summed E-state index contributed by atoms with van der Waals surface area (Å²) in [5.74, 6) is -0.850. The van der Waals surface area contributed by atoms with E-state index in [1.54, 1.807) is 23.6 Å². The number of urea groups is 1. The first-order valence-electron chi connectivity index (χ1n) is 9.64. The van der Waals surface area contributed by atoms with E-state index in [0.29, 0.717) is 39.3 Å². The summed E-state index contributed by atoms with van der Waals surface area (Å²) in [4.78, 5) is 43.1. The van der Waals surface area contributed by atoms with Gasteiger partial charge in [-0.1, -0.05) is 49.9 Å². The fourth-order valence-corrected chi connectivity index (χ4v) is 4.70. The molecule has 0 bridgehead atoms. The summed E-state index contributed by atoms with van der Waals surface area (Å²) in [5.41, 5.74) is 0.306. The summed E-state index contributed by atoms with van der Waals surface area (Å²) in [7, 11) is 0. The molecule has 1 aliphatic rings. The third-order valence-corrected chi connectivity index (χ3v) is 6.18. The maximum Gasteiger partial charge on any atom is 0.325 e. The maximum absolute atomic E-state index is 12.9. The van der Waals surface area contributed by atoms with Crippen molar-refractivity contribution in [1.29, 1.82) is 0 Å². The lowest BCUT2D eigenvalue weighted by Crippen LogP contribution is -2.47. The number of carbonyl (C=O) groups is 3. The molecule has 1 aliphatic heterocycles. The lowest BCUT2D eigenvalue weighted by atomic mass is 9.88. The molecule has 30 heavy (non-hydrogen) atoms. The molecule has 0 radical (unpaired) electrons. The Kier molecular flexibility index (Phi) is 7.00. The van der Waals surface area contributed by atoms with Gasteiger partial charge >= 0.3 is 6.03 Å². The summed E-state index contributed by atoms with van der Waals surface area (Å²) in [6, 6.07) is 4.51. The SMILES string of the molecule is CCCC1(CCC)NC(=O)N(CC(=O)Nc2nc(-c3cc(Cl)ccc3Cl)cs2)C1=O. The molecule has 0 atom stereocenters. The van der Waals surface area contributed by atoms with Gasteiger partial charge in [0.25, 0.3) is 5.91 Å². The second-order valence-electron chi connectivity index (χ2n) is 7.11. The standard InChI is InChI=1S/C20H22Cl2N4O3S/c1-3-7-20(8-4-2)17(28)26(19(29)25-20)10-16(27)24-18-23-15(11-30-18)13-9-12(21)5-6-14(13)22/h5-6,9,11H,3-4,7-8,10H2,1-2H3,(H,25,29)(H,23,24,27). The number of carbonyl (C=O) groups excluding carboxylic acids is 3. The fourth-order valence-electron chi connectivity index (χ4n) is 3.59. The summed E-state index contributed by atoms with van der Waals surface area (Å²) in [6.45, 7) is 3.55. The minimum absolute atomic E-state index is 0.339. The number of nitrogens with zero attached hydrogens (tertiary/aromatic N) is 2. The molecule has 3 rings (SSSR count). The molecule has 7 nitrogen and oxygen atoms in total. The number of nitrogens with one attached hydrogen (secondary N) is 2. The zero-order valence-corrected chi connectivity index (χ0v) is 19.0. The number of benzene rings is 1. The third-order valence-electron chi connectivity index (χ3n) is 4.86. The average Bonchev–Trinajstić information content (AvgIpc) is 3.23. The predicted molar refractivity (Wildman–Crippen MR) is 119 cm³/mol. The van der Waals surface area contributed by atoms with Crippen LogP contribution < -0.4 is 10.6 Å². The Balaban J connectivity index is 1.69. The maximum atomic E-state index is 12.9. The lowest BCUT2D eigenvalue weighted by molar-refractivity contribution is -0.134. The van der Waals surface area contributed by atoms with Gasteiger partial charge in [0.15, 0.2) is 5.13 Å². The molecule has 1 aromatic heterocycles. The van der Waals surface area contributed by atoms with E-state index in [-0.39, 0.29) is 12.5 Å². The van der Waals surface area contributed by atoms with Gasteiger partial charge in [-0.2, -0.15) is 0 Å². The molecule has 2 N–H and O–H groups in total. The summed E-state index contributed by atoms with van der Waals surface area (Å²) >= 11 is 13.4. The highest BCUT2D eigenvalue weighted by molar-refractivity contribution is 7.14. The van der Waals surface area contributed by atoms with Crippen LogP contribution in [0.3, 0.4) is 0 Å². The highest BCUT2D eigenvalue weighted by Gasteiger charge is 2.50. The van der Waals surface area contributed by atoms with E-state index < -0.39 is 17.5 Å². The Hall–Kier alpha value is -2.16. The highest BCUT2D eigenvalue weighted by Crippen LogP contribution is 2.33. The van der Waals surface area contributed by atoms with Crippen molar-refractivity contribution >= 4 is 57.5 Å². The molecule has 1 fully saturated rings. The van der Waals surface area contributed by atoms with E-state index in [4.69, 9.17) is 23.2 Å². The second-order valence-corrected chi connectivity index (χ2v) is 8.82. The largest absolute Gasteiger partial charge is 0.325 e. The van der Waals surface area contributed by atoms with Gasteiger partial charge in [0.2, 0.25) is 5.91 Å². The molecule has 1 aromatic carbocycles. The first kappa shape index (κ1) is 22.5. The third kappa shape index (κ3) is 4.61. The van der Waals surface area contributed by atoms with Crippen LogP contribution in [0, 0.1) is 0 Å². The Morgan fingerprint density at radius 3 is 2.60 bits per heavy atom. The van der Waals surface area contributed by atoms with Crippen LogP contribution in [-0.2, 0) is 9.59 Å². The van der Waals surface area contributed by atoms with Crippen LogP contribution in [0.2, 0.25) is 10.0 Å². The summed E-state index contributed by atoms with van der Waals surface area (Å²) < 4.78 is 0. The molecule has 160 valence electrons. The van der Waals surface area contributed by atoms with Crippen molar-refractivity contribution in [2.24, 2.45) is 0 Å². The van der Waals surface area contributed by atoms with Crippen molar-refractivity contribution in [3.05, 3.63) is 33.6 Å². The molecule has 0 unspecified atom stereocenters. The van der Waals surface area contributed by atoms with Gasteiger partial charge in [0, 0.05) is 16.0 Å². The molecule has 10 heteroatoms. The van der Waals surface area contributed by atoms with Gasteiger partial charge in [-0.25, -0.2) is 9.78 Å². The quantitative estimate of drug-likeness (QED) is 0.536. The topological polar surface area (TPSA) is 91.4 Å². The van der Waals surface area contributed by atoms with Crippen molar-refractivity contribution < 1.29 is 14.4 Å². The number of imide groups is 1. The first-order valence-corrected chi connectivity index (χ1v) is 11.3. The van der Waals surface area contributed by atoms with Crippen LogP contribution in [0.15, 0.2) is 23.6 Å². The predicted octanol–water partition coefficient (Wildman–Crippen LogP) is 4.95. The molecular weight excluding hydrogens is 447 g/mol. The van der Waals surface area contributed by atoms with Crippen LogP contribution in [-0.4, -0.2) is 39.8 Å². The lowest BCUT2D eigenvalue weighted by Gasteiger charge is -2.25. The number of hydrogen-bond donors (Lipinski definition) is 2. The highest BCUT2D eigenvalue weighted by atomic mass is 35.5. The van der Waals surface area contributed by atoms with Crippen molar-refractivity contribution in [3.8, 4) is 11.3 Å². The molecule has 1 saturated heterocycles. The van der Waals surface area contributed by atoms with E-state index >= 15 is 0 Å². The van der Waals surface area contributed by atoms with E-state index in [1.165, 1.54) is 11.3 Å². The van der Waals surface area contributed by atoms with Crippen LogP contribution >= 0.6 is 34.5 Å². The Bertz CT molecular complexity index is 973. The molecule has 0 spiro atoms. The first-order chi connectivity index (χ1) is 14.3. The number of halogens is 2. The Labute approximate surface area is 188 Å². The minimum Gasteiger partial charge on any atom is -0.323 e. The number of anilines is 1. The van der Waals surface area contributed by atoms with E-state index in [2.05, 4.69) is 15.6 Å². The second kappa shape index (κ2) is 9.32. The molecule has 0 aliphatic carbocycles. The number of thiazole rings is 1. The van der Waals surface area contributed by atoms with Gasteiger partial charge in [-0.15, -0.1) is 11.3 Å². The van der Waals surface area contributed by atoms with Crippen LogP contribution in [0.4, 0.5) is 9.93 Å². The van der Waals surface area contributed by atoms with Crippen LogP contribution in [0.1, 0.15) is 39.5 Å². The van der Waals surface area contributed by atoms with E-state index in [0.717, 1.165) is 17.7 Å². The molecule has 2 aromatic rings. The van der Waals surface area contributed by atoms with Gasteiger partial charge in [-0.05, 0) is 31.0 Å². The zero-order valence-electron chi connectivity index (χ0n) is 16.6. The van der Waals surface area contributed by atoms with E-state index in [9.17, 15) is 14.4 Å². The smallest absolute Gasteiger partial charge is 0.323 e. The van der Waals surface area contributed by atoms with Crippen LogP contribution in [0.25, 0.3) is 11.3 Å². The van der Waals surface area contributed by atoms with Gasteiger partial charge in [0.1, 0.15) is 12.1 Å². The van der Waals surface area contributed by atoms with Crippen molar-refractivity contribution in [3.63, 3.8) is 0 Å². The minimum atomic E-state index is -0.918. The number of hydrogen-bond acceptors (Lipinski definition) is 5. The van der Waals surface area contributed by atoms with Gasteiger partial charge in [0.05, 0.1) is 10.7 Å². The van der Waals surface area contributed by atoms with Gasteiger partial charge < -0.3 is 10.6 Å². The molecule has 4 amide bonds. The normalized spacial score (nSPS) is 15.4. The van der Waals surface area contributed by atoms with E-state index in [1.807, 2.05) is 13.8 Å². The number of aromatic nitrogens is 1. The summed E-state index contributed by atoms with van der Waals surface area (Å²) in [5, 5.41) is 8.53. The zero-order chi connectivity index (χ0) is 21.9. The Morgan fingerprint density at radius 1 is 1.23 bits per heavy atom. The van der Waals surface area contributed by atoms with Crippen molar-refractivity contribution in [1.82, 2.24) is 15.2 Å².